The van der Waals surface area contributed by atoms with Crippen LogP contribution in [0.4, 0.5) is 5.95 Å². The molecular formula is C21H25N9O3S. The van der Waals surface area contributed by atoms with Crippen molar-refractivity contribution in [3.05, 3.63) is 51.2 Å². The predicted molar refractivity (Wildman–Crippen MR) is 128 cm³/mol. The molecule has 0 spiro atoms. The summed E-state index contributed by atoms with van der Waals surface area (Å²) >= 11 is 1.55. The molecule has 4 heterocycles. The zero-order valence-corrected chi connectivity index (χ0v) is 19.7. The second-order valence-electron chi connectivity index (χ2n) is 8.24. The van der Waals surface area contributed by atoms with Gasteiger partial charge in [0.2, 0.25) is 11.1 Å². The topological polar surface area (TPSA) is 129 Å². The molecular weight excluding hydrogens is 458 g/mol. The number of fused-ring (bicyclic) bond motifs is 1. The Labute approximate surface area is 198 Å². The molecule has 34 heavy (non-hydrogen) atoms. The normalized spacial score (nSPS) is 15.2. The lowest BCUT2D eigenvalue weighted by Gasteiger charge is -2.28. The maximum atomic E-state index is 12.8. The Morgan fingerprint density at radius 1 is 1.18 bits per heavy atom. The van der Waals surface area contributed by atoms with Crippen molar-refractivity contribution in [2.24, 2.45) is 13.0 Å². The highest BCUT2D eigenvalue weighted by molar-refractivity contribution is 7.99. The zero-order chi connectivity index (χ0) is 23.7. The van der Waals surface area contributed by atoms with E-state index < -0.39 is 11.2 Å². The minimum Gasteiger partial charge on any atom is -0.378 e. The number of thioether (sulfide) groups is 1. The van der Waals surface area contributed by atoms with Gasteiger partial charge in [0.25, 0.3) is 5.56 Å². The van der Waals surface area contributed by atoms with Crippen LogP contribution in [0.5, 0.6) is 0 Å². The summed E-state index contributed by atoms with van der Waals surface area (Å²) in [6, 6.07) is 9.73. The summed E-state index contributed by atoms with van der Waals surface area (Å²) in [5, 5.41) is 12.8. The first kappa shape index (κ1) is 22.3. The Morgan fingerprint density at radius 2 is 1.94 bits per heavy atom. The standard InChI is InChI=1S/C21H25N9O3S/c1-14(13-34-21-24-25-26-30(21)15-6-4-3-5-7-15)12-29-16-17(27(2)20(32)23-18(16)31)22-19(29)28-8-10-33-11-9-28/h3-7,14H,8-13H2,1-2H3,(H,23,31,32)/t14-/m0/s1. The van der Waals surface area contributed by atoms with Crippen LogP contribution < -0.4 is 16.1 Å². The largest absolute Gasteiger partial charge is 0.378 e. The van der Waals surface area contributed by atoms with Crippen LogP contribution in [0.25, 0.3) is 16.9 Å². The Morgan fingerprint density at radius 3 is 2.71 bits per heavy atom. The number of morpholine rings is 1. The van der Waals surface area contributed by atoms with Crippen LogP contribution in [0, 0.1) is 5.92 Å². The number of aromatic nitrogens is 8. The molecule has 1 N–H and O–H groups in total. The number of H-pyrrole nitrogens is 1. The summed E-state index contributed by atoms with van der Waals surface area (Å²) in [5.74, 6) is 1.55. The third-order valence-electron chi connectivity index (χ3n) is 5.71. The van der Waals surface area contributed by atoms with Crippen LogP contribution in [-0.2, 0) is 18.3 Å². The lowest BCUT2D eigenvalue weighted by atomic mass is 10.2. The van der Waals surface area contributed by atoms with Crippen molar-refractivity contribution in [3.8, 4) is 5.69 Å². The van der Waals surface area contributed by atoms with Gasteiger partial charge in [0.15, 0.2) is 11.2 Å². The van der Waals surface area contributed by atoms with Crippen LogP contribution in [0.2, 0.25) is 0 Å². The number of imidazole rings is 1. The molecule has 1 atom stereocenters. The maximum Gasteiger partial charge on any atom is 0.329 e. The van der Waals surface area contributed by atoms with Crippen molar-refractivity contribution in [1.29, 1.82) is 0 Å². The van der Waals surface area contributed by atoms with Crippen molar-refractivity contribution in [2.45, 2.75) is 18.6 Å². The minimum atomic E-state index is -0.480. The van der Waals surface area contributed by atoms with E-state index in [0.717, 1.165) is 11.4 Å². The van der Waals surface area contributed by atoms with Crippen LogP contribution in [0.1, 0.15) is 6.92 Å². The first-order chi connectivity index (χ1) is 16.5. The Hall–Kier alpha value is -3.45. The number of nitrogens with one attached hydrogen (secondary N) is 1. The summed E-state index contributed by atoms with van der Waals surface area (Å²) in [5.41, 5.74) is 0.757. The number of anilines is 1. The second kappa shape index (κ2) is 9.43. The third-order valence-corrected chi connectivity index (χ3v) is 6.96. The molecule has 4 aromatic rings. The number of hydrogen-bond acceptors (Lipinski definition) is 9. The zero-order valence-electron chi connectivity index (χ0n) is 18.9. The molecule has 178 valence electrons. The van der Waals surface area contributed by atoms with E-state index in [1.165, 1.54) is 4.57 Å². The first-order valence-electron chi connectivity index (χ1n) is 11.0. The highest BCUT2D eigenvalue weighted by atomic mass is 32.2. The van der Waals surface area contributed by atoms with Gasteiger partial charge < -0.3 is 14.2 Å². The summed E-state index contributed by atoms with van der Waals surface area (Å²) < 4.78 is 10.5. The molecule has 0 unspecified atom stereocenters. The monoisotopic (exact) mass is 483 g/mol. The van der Waals surface area contributed by atoms with Crippen LogP contribution in [0.3, 0.4) is 0 Å². The van der Waals surface area contributed by atoms with Gasteiger partial charge in [-0.25, -0.2) is 4.79 Å². The smallest absolute Gasteiger partial charge is 0.329 e. The van der Waals surface area contributed by atoms with E-state index in [4.69, 9.17) is 9.72 Å². The van der Waals surface area contributed by atoms with Crippen molar-refractivity contribution < 1.29 is 4.74 Å². The number of aromatic amines is 1. The Bertz CT molecular complexity index is 1400. The van der Waals surface area contributed by atoms with Gasteiger partial charge in [-0.3, -0.25) is 14.3 Å². The van der Waals surface area contributed by atoms with E-state index in [1.54, 1.807) is 23.5 Å². The molecule has 1 aliphatic rings. The molecule has 13 heteroatoms. The quantitative estimate of drug-likeness (QED) is 0.377. The number of nitrogens with zero attached hydrogens (tertiary/aromatic N) is 8. The van der Waals surface area contributed by atoms with Gasteiger partial charge in [0.05, 0.1) is 18.9 Å². The number of aryl methyl sites for hydroxylation is 1. The van der Waals surface area contributed by atoms with E-state index in [1.807, 2.05) is 34.9 Å². The van der Waals surface area contributed by atoms with Gasteiger partial charge in [0.1, 0.15) is 0 Å². The number of hydrogen-bond donors (Lipinski definition) is 1. The van der Waals surface area contributed by atoms with E-state index in [-0.39, 0.29) is 5.92 Å². The molecule has 0 aliphatic carbocycles. The van der Waals surface area contributed by atoms with Crippen molar-refractivity contribution in [2.75, 3.05) is 37.0 Å². The van der Waals surface area contributed by atoms with Gasteiger partial charge in [-0.05, 0) is 28.5 Å². The van der Waals surface area contributed by atoms with Gasteiger partial charge in [0, 0.05) is 32.4 Å². The van der Waals surface area contributed by atoms with Gasteiger partial charge in [-0.1, -0.05) is 36.9 Å². The first-order valence-corrected chi connectivity index (χ1v) is 12.0. The average Bonchev–Trinajstić information content (AvgIpc) is 3.48. The molecule has 1 aromatic carbocycles. The fourth-order valence-corrected chi connectivity index (χ4v) is 4.88. The maximum absolute atomic E-state index is 12.8. The van der Waals surface area contributed by atoms with Crippen LogP contribution in [-0.4, -0.2) is 71.4 Å². The molecule has 1 saturated heterocycles. The molecule has 1 fully saturated rings. The van der Waals surface area contributed by atoms with Crippen molar-refractivity contribution >= 4 is 28.9 Å². The Balaban J connectivity index is 1.42. The number of rotatable bonds is 7. The van der Waals surface area contributed by atoms with Crippen LogP contribution >= 0.6 is 11.8 Å². The van der Waals surface area contributed by atoms with Crippen molar-refractivity contribution in [1.82, 2.24) is 39.3 Å². The number of tetrazole rings is 1. The van der Waals surface area contributed by atoms with E-state index in [9.17, 15) is 9.59 Å². The molecule has 0 radical (unpaired) electrons. The predicted octanol–water partition coefficient (Wildman–Crippen LogP) is 0.664. The third kappa shape index (κ3) is 4.23. The highest BCUT2D eigenvalue weighted by Crippen LogP contribution is 2.25. The minimum absolute atomic E-state index is 0.153. The molecule has 0 saturated carbocycles. The summed E-state index contributed by atoms with van der Waals surface area (Å²) in [6.07, 6.45) is 0. The molecule has 0 amide bonds. The van der Waals surface area contributed by atoms with Gasteiger partial charge >= 0.3 is 5.69 Å². The molecule has 12 nitrogen and oxygen atoms in total. The fraction of sp³-hybridized carbons (Fsp3) is 0.429. The van der Waals surface area contributed by atoms with Gasteiger partial charge in [-0.2, -0.15) is 9.67 Å². The number of para-hydroxylation sites is 1. The summed E-state index contributed by atoms with van der Waals surface area (Å²) in [7, 11) is 1.61. The van der Waals surface area contributed by atoms with Gasteiger partial charge in [-0.15, -0.1) is 5.10 Å². The van der Waals surface area contributed by atoms with Crippen molar-refractivity contribution in [3.63, 3.8) is 0 Å². The molecule has 3 aromatic heterocycles. The average molecular weight is 484 g/mol. The SMILES string of the molecule is C[C@H](CSc1nnnn1-c1ccccc1)Cn1c(N2CCOCC2)nc2c1c(=O)[nH]c(=O)n2C. The fourth-order valence-electron chi connectivity index (χ4n) is 3.98. The lowest BCUT2D eigenvalue weighted by molar-refractivity contribution is 0.121. The lowest BCUT2D eigenvalue weighted by Crippen LogP contribution is -2.38. The molecule has 5 rings (SSSR count). The van der Waals surface area contributed by atoms with E-state index in [2.05, 4.69) is 32.3 Å². The Kier molecular flexibility index (Phi) is 6.20. The summed E-state index contributed by atoms with van der Waals surface area (Å²) in [4.78, 5) is 34.2. The highest BCUT2D eigenvalue weighted by Gasteiger charge is 2.24. The van der Waals surface area contributed by atoms with E-state index >= 15 is 0 Å². The molecule has 1 aliphatic heterocycles. The van der Waals surface area contributed by atoms with Crippen LogP contribution in [0.15, 0.2) is 45.1 Å². The second-order valence-corrected chi connectivity index (χ2v) is 9.22. The number of benzene rings is 1. The van der Waals surface area contributed by atoms with E-state index in [0.29, 0.717) is 55.1 Å². The summed E-state index contributed by atoms with van der Waals surface area (Å²) in [6.45, 7) is 5.17. The molecule has 0 bridgehead atoms. The number of ether oxygens (including phenoxy) is 1.